The Morgan fingerprint density at radius 3 is 2.49 bits per heavy atom. The first kappa shape index (κ1) is 21.5. The number of hydrogen-bond acceptors (Lipinski definition) is 2. The number of nitrogens with one attached hydrogen (secondary N) is 1. The van der Waals surface area contributed by atoms with Crippen LogP contribution in [0.3, 0.4) is 0 Å². The summed E-state index contributed by atoms with van der Waals surface area (Å²) in [6.45, 7) is 4.04. The number of carbonyl (C=O) groups excluding carboxylic acids is 2. The maximum absolute atomic E-state index is 14.7. The summed E-state index contributed by atoms with van der Waals surface area (Å²) >= 11 is 0. The standard InChI is InChI=1S/C28H23F2N3O2/c1-3-16-8-10-17(11-9-16)20-15-32-27(35)33(23-13-12-18(29)14-21(23)30)26(34)28(32,2)25-24(20)19-6-4-5-7-22(19)31-25/h4-14,20,31H,3,15H2,1-2H3. The van der Waals surface area contributed by atoms with E-state index in [4.69, 9.17) is 0 Å². The van der Waals surface area contributed by atoms with E-state index in [1.807, 2.05) is 24.3 Å². The zero-order chi connectivity index (χ0) is 24.5. The number of H-pyrrole nitrogens is 1. The smallest absolute Gasteiger partial charge is 0.332 e. The van der Waals surface area contributed by atoms with Crippen LogP contribution in [0.2, 0.25) is 0 Å². The Morgan fingerprint density at radius 1 is 1.03 bits per heavy atom. The first-order valence-corrected chi connectivity index (χ1v) is 11.7. The molecule has 2 aliphatic heterocycles. The SMILES string of the molecule is CCc1ccc(C2CN3C(=O)N(c4ccc(F)cc4F)C(=O)C3(C)c3[nH]c4ccccc4c32)cc1. The Morgan fingerprint density at radius 2 is 1.77 bits per heavy atom. The number of urea groups is 1. The zero-order valence-electron chi connectivity index (χ0n) is 19.3. The molecule has 0 aliphatic carbocycles. The molecule has 1 aromatic heterocycles. The third kappa shape index (κ3) is 2.90. The van der Waals surface area contributed by atoms with Crippen LogP contribution in [-0.4, -0.2) is 28.4 Å². The van der Waals surface area contributed by atoms with Crippen LogP contribution in [0.5, 0.6) is 0 Å². The number of hydrogen-bond donors (Lipinski definition) is 1. The molecule has 1 fully saturated rings. The highest BCUT2D eigenvalue weighted by Gasteiger charge is 2.61. The molecule has 0 saturated carbocycles. The first-order valence-electron chi connectivity index (χ1n) is 11.7. The molecule has 5 nitrogen and oxygen atoms in total. The summed E-state index contributed by atoms with van der Waals surface area (Å²) in [7, 11) is 0. The van der Waals surface area contributed by atoms with Gasteiger partial charge in [0.15, 0.2) is 5.54 Å². The normalized spacial score (nSPS) is 21.5. The minimum absolute atomic E-state index is 0.185. The molecule has 1 saturated heterocycles. The van der Waals surface area contributed by atoms with Crippen molar-refractivity contribution in [3.05, 3.63) is 101 Å². The van der Waals surface area contributed by atoms with Gasteiger partial charge >= 0.3 is 6.03 Å². The van der Waals surface area contributed by atoms with E-state index in [-0.39, 0.29) is 18.2 Å². The molecule has 3 amide bonds. The lowest BCUT2D eigenvalue weighted by Crippen LogP contribution is -2.50. The molecule has 2 aliphatic rings. The summed E-state index contributed by atoms with van der Waals surface area (Å²) in [4.78, 5) is 33.3. The number of nitrogens with zero attached hydrogens (tertiary/aromatic N) is 2. The highest BCUT2D eigenvalue weighted by atomic mass is 19.1. The Hall–Kier alpha value is -4.00. The van der Waals surface area contributed by atoms with Gasteiger partial charge in [0, 0.05) is 29.4 Å². The lowest BCUT2D eigenvalue weighted by atomic mass is 9.78. The van der Waals surface area contributed by atoms with Crippen molar-refractivity contribution in [3.8, 4) is 0 Å². The molecule has 3 heterocycles. The zero-order valence-corrected chi connectivity index (χ0v) is 19.3. The van der Waals surface area contributed by atoms with Crippen LogP contribution in [-0.2, 0) is 16.8 Å². The number of para-hydroxylation sites is 1. The molecule has 6 rings (SSSR count). The van der Waals surface area contributed by atoms with Gasteiger partial charge in [-0.25, -0.2) is 18.5 Å². The van der Waals surface area contributed by atoms with Crippen LogP contribution in [0.25, 0.3) is 10.9 Å². The Labute approximate surface area is 201 Å². The van der Waals surface area contributed by atoms with Crippen LogP contribution in [0.1, 0.15) is 42.1 Å². The van der Waals surface area contributed by atoms with Gasteiger partial charge in [0.25, 0.3) is 5.91 Å². The molecule has 0 spiro atoms. The van der Waals surface area contributed by atoms with E-state index >= 15 is 0 Å². The number of anilines is 1. The molecular weight excluding hydrogens is 448 g/mol. The van der Waals surface area contributed by atoms with E-state index in [0.717, 1.165) is 45.5 Å². The number of carbonyl (C=O) groups is 2. The number of benzene rings is 3. The second-order valence-electron chi connectivity index (χ2n) is 9.31. The molecule has 176 valence electrons. The number of rotatable bonds is 3. The largest absolute Gasteiger partial charge is 0.356 e. The third-order valence-corrected chi connectivity index (χ3v) is 7.47. The topological polar surface area (TPSA) is 56.4 Å². The fraction of sp³-hybridized carbons (Fsp3) is 0.214. The van der Waals surface area contributed by atoms with Crippen molar-refractivity contribution in [3.63, 3.8) is 0 Å². The van der Waals surface area contributed by atoms with Crippen molar-refractivity contribution in [2.24, 2.45) is 0 Å². The highest BCUT2D eigenvalue weighted by molar-refractivity contribution is 6.23. The van der Waals surface area contributed by atoms with Gasteiger partial charge in [0.2, 0.25) is 0 Å². The van der Waals surface area contributed by atoms with Gasteiger partial charge < -0.3 is 9.88 Å². The first-order chi connectivity index (χ1) is 16.8. The van der Waals surface area contributed by atoms with E-state index in [0.29, 0.717) is 11.8 Å². The number of imide groups is 1. The van der Waals surface area contributed by atoms with Crippen molar-refractivity contribution in [1.29, 1.82) is 0 Å². The lowest BCUT2D eigenvalue weighted by molar-refractivity contribution is -0.125. The average Bonchev–Trinajstić information content (AvgIpc) is 3.34. The minimum Gasteiger partial charge on any atom is -0.356 e. The predicted octanol–water partition coefficient (Wildman–Crippen LogP) is 5.84. The second-order valence-corrected chi connectivity index (χ2v) is 9.31. The maximum Gasteiger partial charge on any atom is 0.332 e. The Balaban J connectivity index is 1.56. The van der Waals surface area contributed by atoms with Gasteiger partial charge in [0.05, 0.1) is 11.4 Å². The van der Waals surface area contributed by atoms with Crippen LogP contribution in [0.15, 0.2) is 66.7 Å². The van der Waals surface area contributed by atoms with Gasteiger partial charge in [0.1, 0.15) is 11.6 Å². The maximum atomic E-state index is 14.7. The quantitative estimate of drug-likeness (QED) is 0.382. The summed E-state index contributed by atoms with van der Waals surface area (Å²) < 4.78 is 28.3. The van der Waals surface area contributed by atoms with Crippen LogP contribution in [0, 0.1) is 11.6 Å². The highest BCUT2D eigenvalue weighted by Crippen LogP contribution is 2.50. The monoisotopic (exact) mass is 471 g/mol. The summed E-state index contributed by atoms with van der Waals surface area (Å²) in [5, 5.41) is 0.986. The summed E-state index contributed by atoms with van der Waals surface area (Å²) in [6.07, 6.45) is 0.915. The summed E-state index contributed by atoms with van der Waals surface area (Å²) in [6, 6.07) is 18.3. The van der Waals surface area contributed by atoms with Crippen molar-refractivity contribution in [2.75, 3.05) is 11.4 Å². The van der Waals surface area contributed by atoms with E-state index in [1.165, 1.54) is 10.5 Å². The second kappa shape index (κ2) is 7.50. The molecule has 2 atom stereocenters. The van der Waals surface area contributed by atoms with Gasteiger partial charge in [-0.15, -0.1) is 0 Å². The molecule has 3 aromatic carbocycles. The lowest BCUT2D eigenvalue weighted by Gasteiger charge is -2.40. The van der Waals surface area contributed by atoms with Crippen LogP contribution in [0.4, 0.5) is 19.3 Å². The molecule has 7 heteroatoms. The van der Waals surface area contributed by atoms with E-state index in [2.05, 4.69) is 36.2 Å². The Bertz CT molecular complexity index is 1510. The van der Waals surface area contributed by atoms with E-state index in [1.54, 1.807) is 6.92 Å². The van der Waals surface area contributed by atoms with Crippen molar-refractivity contribution < 1.29 is 18.4 Å². The fourth-order valence-corrected chi connectivity index (χ4v) is 5.55. The molecule has 2 unspecified atom stereocenters. The fourth-order valence-electron chi connectivity index (χ4n) is 5.55. The average molecular weight is 472 g/mol. The van der Waals surface area contributed by atoms with Gasteiger partial charge in [-0.3, -0.25) is 4.79 Å². The third-order valence-electron chi connectivity index (χ3n) is 7.47. The molecular formula is C28H23F2N3O2. The van der Waals surface area contributed by atoms with Crippen molar-refractivity contribution in [1.82, 2.24) is 9.88 Å². The summed E-state index contributed by atoms with van der Waals surface area (Å²) in [5.74, 6) is -2.49. The number of aromatic nitrogens is 1. The van der Waals surface area contributed by atoms with E-state index in [9.17, 15) is 18.4 Å². The number of aryl methyl sites for hydroxylation is 1. The molecule has 0 bridgehead atoms. The van der Waals surface area contributed by atoms with Crippen LogP contribution >= 0.6 is 0 Å². The predicted molar refractivity (Wildman–Crippen MR) is 129 cm³/mol. The van der Waals surface area contributed by atoms with Crippen molar-refractivity contribution in [2.45, 2.75) is 31.7 Å². The van der Waals surface area contributed by atoms with Gasteiger partial charge in [-0.2, -0.15) is 0 Å². The molecule has 4 aromatic rings. The molecule has 0 radical (unpaired) electrons. The van der Waals surface area contributed by atoms with Gasteiger partial charge in [-0.1, -0.05) is 49.4 Å². The van der Waals surface area contributed by atoms with Crippen LogP contribution < -0.4 is 4.90 Å². The molecule has 1 N–H and O–H groups in total. The van der Waals surface area contributed by atoms with Crippen molar-refractivity contribution >= 4 is 28.5 Å². The number of amides is 3. The summed E-state index contributed by atoms with van der Waals surface area (Å²) in [5.41, 5.74) is 3.08. The number of aromatic amines is 1. The van der Waals surface area contributed by atoms with Gasteiger partial charge in [-0.05, 0) is 48.2 Å². The Kier molecular flexibility index (Phi) is 4.61. The number of fused-ring (bicyclic) bond motifs is 5. The van der Waals surface area contributed by atoms with E-state index < -0.39 is 29.1 Å². The number of halogens is 2. The minimum atomic E-state index is -1.36. The molecule has 35 heavy (non-hydrogen) atoms.